The van der Waals surface area contributed by atoms with Gasteiger partial charge in [-0.05, 0) is 81.3 Å². The molecule has 0 bridgehead atoms. The predicted octanol–water partition coefficient (Wildman–Crippen LogP) is 3.06. The molecule has 0 spiro atoms. The minimum atomic E-state index is 0. The maximum atomic E-state index is 12.7. The number of rotatable bonds is 3. The van der Waals surface area contributed by atoms with Gasteiger partial charge in [-0.3, -0.25) is 4.79 Å². The Morgan fingerprint density at radius 2 is 1.86 bits per heavy atom. The first-order valence-electron chi connectivity index (χ1n) is 8.33. The van der Waals surface area contributed by atoms with E-state index in [2.05, 4.69) is 17.4 Å². The molecule has 1 aromatic rings. The van der Waals surface area contributed by atoms with E-state index in [-0.39, 0.29) is 18.3 Å². The molecule has 1 fully saturated rings. The molecule has 3 nitrogen and oxygen atoms in total. The number of nitrogens with one attached hydrogen (secondary N) is 1. The maximum Gasteiger partial charge on any atom is 0.253 e. The van der Waals surface area contributed by atoms with Crippen LogP contribution in [0, 0.1) is 5.92 Å². The first-order chi connectivity index (χ1) is 10.3. The van der Waals surface area contributed by atoms with Crippen LogP contribution in [0.5, 0.6) is 0 Å². The van der Waals surface area contributed by atoms with Gasteiger partial charge in [-0.2, -0.15) is 0 Å². The number of fused-ring (bicyclic) bond motifs is 1. The Morgan fingerprint density at radius 1 is 1.18 bits per heavy atom. The molecule has 0 unspecified atom stereocenters. The highest BCUT2D eigenvalue weighted by atomic mass is 35.5. The summed E-state index contributed by atoms with van der Waals surface area (Å²) >= 11 is 0. The first kappa shape index (κ1) is 17.3. The number of carbonyl (C=O) groups is 1. The molecular weight excluding hydrogens is 296 g/mol. The van der Waals surface area contributed by atoms with Crippen molar-refractivity contribution in [2.24, 2.45) is 5.92 Å². The van der Waals surface area contributed by atoms with Crippen molar-refractivity contribution in [1.29, 1.82) is 0 Å². The van der Waals surface area contributed by atoms with Crippen molar-refractivity contribution in [3.63, 3.8) is 0 Å². The van der Waals surface area contributed by atoms with Crippen LogP contribution in [0.1, 0.15) is 47.2 Å². The van der Waals surface area contributed by atoms with Crippen LogP contribution < -0.4 is 5.32 Å². The number of nitrogens with zero attached hydrogens (tertiary/aromatic N) is 1. The summed E-state index contributed by atoms with van der Waals surface area (Å²) in [4.78, 5) is 14.7. The van der Waals surface area contributed by atoms with Crippen LogP contribution in [0.15, 0.2) is 18.2 Å². The van der Waals surface area contributed by atoms with Crippen molar-refractivity contribution < 1.29 is 4.79 Å². The number of aryl methyl sites for hydroxylation is 2. The molecule has 1 N–H and O–H groups in total. The molecule has 1 saturated heterocycles. The lowest BCUT2D eigenvalue weighted by Crippen LogP contribution is -2.40. The van der Waals surface area contributed by atoms with Crippen molar-refractivity contribution in [3.8, 4) is 0 Å². The van der Waals surface area contributed by atoms with Gasteiger partial charge in [-0.15, -0.1) is 12.4 Å². The van der Waals surface area contributed by atoms with Gasteiger partial charge < -0.3 is 10.2 Å². The van der Waals surface area contributed by atoms with Gasteiger partial charge in [0, 0.05) is 18.7 Å². The van der Waals surface area contributed by atoms with Gasteiger partial charge in [0.2, 0.25) is 0 Å². The van der Waals surface area contributed by atoms with E-state index in [1.165, 1.54) is 30.4 Å². The van der Waals surface area contributed by atoms with Crippen molar-refractivity contribution in [1.82, 2.24) is 10.2 Å². The van der Waals surface area contributed by atoms with Crippen LogP contribution in [0.3, 0.4) is 0 Å². The number of benzene rings is 1. The van der Waals surface area contributed by atoms with Crippen LogP contribution in [0.25, 0.3) is 0 Å². The minimum Gasteiger partial charge on any atom is -0.339 e. The monoisotopic (exact) mass is 322 g/mol. The Morgan fingerprint density at radius 3 is 2.55 bits per heavy atom. The summed E-state index contributed by atoms with van der Waals surface area (Å²) in [6.07, 6.45) is 7.12. The number of amides is 1. The third kappa shape index (κ3) is 3.82. The molecular formula is C18H27ClN2O. The normalized spacial score (nSPS) is 18.5. The Bertz CT molecular complexity index is 510. The van der Waals surface area contributed by atoms with Gasteiger partial charge in [0.05, 0.1) is 0 Å². The minimum absolute atomic E-state index is 0. The Labute approximate surface area is 139 Å². The molecule has 0 saturated carbocycles. The SMILES string of the molecule is CNCC1CCN(C(=O)c2ccc3c(c2)CCCC3)CC1.Cl. The van der Waals surface area contributed by atoms with Gasteiger partial charge in [0.15, 0.2) is 0 Å². The van der Waals surface area contributed by atoms with E-state index in [0.717, 1.165) is 50.4 Å². The lowest BCUT2D eigenvalue weighted by Gasteiger charge is -2.32. The Hall–Kier alpha value is -1.06. The second-order valence-electron chi connectivity index (χ2n) is 6.48. The molecule has 22 heavy (non-hydrogen) atoms. The van der Waals surface area contributed by atoms with Gasteiger partial charge in [-0.25, -0.2) is 0 Å². The largest absolute Gasteiger partial charge is 0.339 e. The van der Waals surface area contributed by atoms with Crippen molar-refractivity contribution in [3.05, 3.63) is 34.9 Å². The topological polar surface area (TPSA) is 32.3 Å². The van der Waals surface area contributed by atoms with Gasteiger partial charge in [0.1, 0.15) is 0 Å². The predicted molar refractivity (Wildman–Crippen MR) is 92.9 cm³/mol. The molecule has 3 rings (SSSR count). The standard InChI is InChI=1S/C18H26N2O.ClH/c1-19-13-14-8-10-20(11-9-14)18(21)17-7-6-15-4-2-3-5-16(15)12-17;/h6-7,12,14,19H,2-5,8-11,13H2,1H3;1H. The molecule has 0 atom stereocenters. The summed E-state index contributed by atoms with van der Waals surface area (Å²) in [5.74, 6) is 0.953. The van der Waals surface area contributed by atoms with Crippen molar-refractivity contribution >= 4 is 18.3 Å². The maximum absolute atomic E-state index is 12.7. The fraction of sp³-hybridized carbons (Fsp3) is 0.611. The Balaban J connectivity index is 0.00000176. The quantitative estimate of drug-likeness (QED) is 0.927. The molecule has 1 aromatic carbocycles. The summed E-state index contributed by atoms with van der Waals surface area (Å²) in [7, 11) is 2.00. The summed E-state index contributed by atoms with van der Waals surface area (Å²) in [5, 5.41) is 3.24. The third-order valence-corrected chi connectivity index (χ3v) is 4.99. The van der Waals surface area contributed by atoms with Gasteiger partial charge in [0.25, 0.3) is 5.91 Å². The number of halogens is 1. The smallest absolute Gasteiger partial charge is 0.253 e. The number of likely N-dealkylation sites (tertiary alicyclic amines) is 1. The average Bonchev–Trinajstić information content (AvgIpc) is 2.55. The van der Waals surface area contributed by atoms with E-state index in [4.69, 9.17) is 0 Å². The molecule has 4 heteroatoms. The molecule has 0 radical (unpaired) electrons. The number of piperidine rings is 1. The number of hydrogen-bond donors (Lipinski definition) is 1. The lowest BCUT2D eigenvalue weighted by molar-refractivity contribution is 0.0691. The van der Waals surface area contributed by atoms with Crippen LogP contribution in [0.4, 0.5) is 0 Å². The van der Waals surface area contributed by atoms with Crippen LogP contribution in [0.2, 0.25) is 0 Å². The zero-order valence-electron chi connectivity index (χ0n) is 13.4. The van der Waals surface area contributed by atoms with Crippen molar-refractivity contribution in [2.75, 3.05) is 26.7 Å². The van der Waals surface area contributed by atoms with E-state index in [9.17, 15) is 4.79 Å². The summed E-state index contributed by atoms with van der Waals surface area (Å²) in [5.41, 5.74) is 3.74. The van der Waals surface area contributed by atoms with Crippen LogP contribution in [-0.2, 0) is 12.8 Å². The summed E-state index contributed by atoms with van der Waals surface area (Å²) in [6, 6.07) is 6.36. The van der Waals surface area contributed by atoms with E-state index in [0.29, 0.717) is 0 Å². The fourth-order valence-corrected chi connectivity index (χ4v) is 3.68. The Kier molecular flexibility index (Phi) is 6.27. The molecule has 1 amide bonds. The molecule has 1 aliphatic carbocycles. The highest BCUT2D eigenvalue weighted by Crippen LogP contribution is 2.24. The van der Waals surface area contributed by atoms with Crippen molar-refractivity contribution in [2.45, 2.75) is 38.5 Å². The highest BCUT2D eigenvalue weighted by Gasteiger charge is 2.23. The number of carbonyl (C=O) groups excluding carboxylic acids is 1. The molecule has 1 aliphatic heterocycles. The highest BCUT2D eigenvalue weighted by molar-refractivity contribution is 5.94. The van der Waals surface area contributed by atoms with E-state index >= 15 is 0 Å². The van der Waals surface area contributed by atoms with Crippen LogP contribution in [-0.4, -0.2) is 37.5 Å². The zero-order chi connectivity index (χ0) is 14.7. The average molecular weight is 323 g/mol. The van der Waals surface area contributed by atoms with Crippen LogP contribution >= 0.6 is 12.4 Å². The molecule has 2 aliphatic rings. The first-order valence-corrected chi connectivity index (χ1v) is 8.33. The number of hydrogen-bond acceptors (Lipinski definition) is 2. The second-order valence-corrected chi connectivity index (χ2v) is 6.48. The lowest BCUT2D eigenvalue weighted by atomic mass is 9.90. The van der Waals surface area contributed by atoms with E-state index in [1.807, 2.05) is 18.0 Å². The zero-order valence-corrected chi connectivity index (χ0v) is 14.3. The molecule has 1 heterocycles. The summed E-state index contributed by atoms with van der Waals surface area (Å²) < 4.78 is 0. The van der Waals surface area contributed by atoms with E-state index < -0.39 is 0 Å². The summed E-state index contributed by atoms with van der Waals surface area (Å²) in [6.45, 7) is 2.88. The second kappa shape index (κ2) is 7.98. The van der Waals surface area contributed by atoms with E-state index in [1.54, 1.807) is 0 Å². The van der Waals surface area contributed by atoms with Gasteiger partial charge in [-0.1, -0.05) is 6.07 Å². The third-order valence-electron chi connectivity index (χ3n) is 4.99. The van der Waals surface area contributed by atoms with Gasteiger partial charge >= 0.3 is 0 Å². The molecule has 0 aromatic heterocycles. The fourth-order valence-electron chi connectivity index (χ4n) is 3.68. The molecule has 122 valence electrons.